The average Bonchev–Trinajstić information content (AvgIpc) is 2.79. The average molecular weight is 422 g/mol. The predicted molar refractivity (Wildman–Crippen MR) is 115 cm³/mol. The molecule has 0 aliphatic carbocycles. The molecule has 3 heterocycles. The van der Waals surface area contributed by atoms with Gasteiger partial charge in [-0.2, -0.15) is 0 Å². The summed E-state index contributed by atoms with van der Waals surface area (Å²) in [6.45, 7) is 4.15. The Morgan fingerprint density at radius 3 is 2.58 bits per heavy atom. The maximum absolute atomic E-state index is 13.6. The zero-order valence-corrected chi connectivity index (χ0v) is 17.2. The molecule has 2 aromatic heterocycles. The Morgan fingerprint density at radius 1 is 1.06 bits per heavy atom. The number of anilines is 3. The molecule has 31 heavy (non-hydrogen) atoms. The summed E-state index contributed by atoms with van der Waals surface area (Å²) in [6, 6.07) is 13.7. The first-order valence-corrected chi connectivity index (χ1v) is 10.0. The van der Waals surface area contributed by atoms with E-state index in [2.05, 4.69) is 25.4 Å². The highest BCUT2D eigenvalue weighted by atomic mass is 19.1. The van der Waals surface area contributed by atoms with Crippen molar-refractivity contribution in [2.45, 2.75) is 6.92 Å². The van der Waals surface area contributed by atoms with Crippen LogP contribution >= 0.6 is 0 Å². The Hall–Kier alpha value is -3.75. The molecule has 0 saturated carbocycles. The Labute approximate surface area is 179 Å². The van der Waals surface area contributed by atoms with Gasteiger partial charge in [0.15, 0.2) is 29.8 Å². The number of para-hydroxylation sites is 1. The fourth-order valence-corrected chi connectivity index (χ4v) is 3.27. The minimum absolute atomic E-state index is 0.0827. The van der Waals surface area contributed by atoms with E-state index in [0.717, 1.165) is 11.4 Å². The van der Waals surface area contributed by atoms with Gasteiger partial charge in [0.2, 0.25) is 0 Å². The van der Waals surface area contributed by atoms with Crippen LogP contribution in [0.1, 0.15) is 5.56 Å². The fourth-order valence-electron chi connectivity index (χ4n) is 3.27. The molecule has 1 amide bonds. The maximum atomic E-state index is 13.6. The summed E-state index contributed by atoms with van der Waals surface area (Å²) in [4.78, 5) is 20.4. The number of piperazine rings is 1. The SMILES string of the molecule is Cc1ccnc(Nc2ccc(N3CCN(C(=O)COc4ccccc4F)CC3)nn2)c1. The van der Waals surface area contributed by atoms with Gasteiger partial charge in [0.1, 0.15) is 5.82 Å². The smallest absolute Gasteiger partial charge is 0.260 e. The van der Waals surface area contributed by atoms with E-state index in [9.17, 15) is 9.18 Å². The molecular formula is C22H23FN6O2. The van der Waals surface area contributed by atoms with Crippen LogP contribution in [0.3, 0.4) is 0 Å². The highest BCUT2D eigenvalue weighted by molar-refractivity contribution is 5.78. The number of amides is 1. The molecule has 0 bridgehead atoms. The lowest BCUT2D eigenvalue weighted by atomic mass is 10.3. The van der Waals surface area contributed by atoms with Crippen LogP contribution in [-0.2, 0) is 4.79 Å². The number of nitrogens with zero attached hydrogens (tertiary/aromatic N) is 5. The monoisotopic (exact) mass is 422 g/mol. The number of rotatable bonds is 6. The van der Waals surface area contributed by atoms with Crippen LogP contribution in [0.5, 0.6) is 5.75 Å². The van der Waals surface area contributed by atoms with E-state index in [1.54, 1.807) is 23.2 Å². The zero-order chi connectivity index (χ0) is 21.6. The first kappa shape index (κ1) is 20.5. The Kier molecular flexibility index (Phi) is 6.21. The summed E-state index contributed by atoms with van der Waals surface area (Å²) in [5.41, 5.74) is 1.11. The lowest BCUT2D eigenvalue weighted by Gasteiger charge is -2.35. The summed E-state index contributed by atoms with van der Waals surface area (Å²) in [6.07, 6.45) is 1.74. The first-order chi connectivity index (χ1) is 15.1. The number of benzene rings is 1. The summed E-state index contributed by atoms with van der Waals surface area (Å²) < 4.78 is 18.9. The topological polar surface area (TPSA) is 83.5 Å². The van der Waals surface area contributed by atoms with Gasteiger partial charge in [-0.25, -0.2) is 9.37 Å². The molecule has 1 N–H and O–H groups in total. The lowest BCUT2D eigenvalue weighted by Crippen LogP contribution is -2.50. The number of ether oxygens (including phenoxy) is 1. The number of carbonyl (C=O) groups excluding carboxylic acids is 1. The lowest BCUT2D eigenvalue weighted by molar-refractivity contribution is -0.133. The van der Waals surface area contributed by atoms with Gasteiger partial charge in [-0.15, -0.1) is 10.2 Å². The van der Waals surface area contributed by atoms with E-state index in [0.29, 0.717) is 37.8 Å². The fraction of sp³-hybridized carbons (Fsp3) is 0.273. The van der Waals surface area contributed by atoms with Crippen molar-refractivity contribution < 1.29 is 13.9 Å². The first-order valence-electron chi connectivity index (χ1n) is 10.0. The van der Waals surface area contributed by atoms with Crippen molar-refractivity contribution in [2.75, 3.05) is 43.0 Å². The van der Waals surface area contributed by atoms with Gasteiger partial charge in [-0.05, 0) is 48.9 Å². The number of carbonyl (C=O) groups is 1. The number of pyridine rings is 1. The quantitative estimate of drug-likeness (QED) is 0.654. The van der Waals surface area contributed by atoms with Crippen LogP contribution in [0, 0.1) is 12.7 Å². The molecule has 0 spiro atoms. The van der Waals surface area contributed by atoms with E-state index >= 15 is 0 Å². The van der Waals surface area contributed by atoms with Crippen molar-refractivity contribution in [2.24, 2.45) is 0 Å². The van der Waals surface area contributed by atoms with Crippen LogP contribution in [0.2, 0.25) is 0 Å². The third-order valence-electron chi connectivity index (χ3n) is 4.97. The van der Waals surface area contributed by atoms with Gasteiger partial charge in [0, 0.05) is 32.4 Å². The molecule has 0 unspecified atom stereocenters. The van der Waals surface area contributed by atoms with Crippen molar-refractivity contribution in [3.63, 3.8) is 0 Å². The molecule has 8 nitrogen and oxygen atoms in total. The Morgan fingerprint density at radius 2 is 1.87 bits per heavy atom. The second-order valence-electron chi connectivity index (χ2n) is 7.21. The number of aryl methyl sites for hydroxylation is 1. The molecule has 0 atom stereocenters. The van der Waals surface area contributed by atoms with Gasteiger partial charge in [0.05, 0.1) is 0 Å². The second-order valence-corrected chi connectivity index (χ2v) is 7.21. The standard InChI is InChI=1S/C22H23FN6O2/c1-16-8-9-24-20(14-16)25-19-6-7-21(27-26-19)28-10-12-29(13-11-28)22(30)15-31-18-5-3-2-4-17(18)23/h2-9,14H,10-13,15H2,1H3,(H,24,25,26). The van der Waals surface area contributed by atoms with Gasteiger partial charge >= 0.3 is 0 Å². The summed E-state index contributed by atoms with van der Waals surface area (Å²) in [7, 11) is 0. The highest BCUT2D eigenvalue weighted by Crippen LogP contribution is 2.18. The van der Waals surface area contributed by atoms with E-state index in [1.807, 2.05) is 31.2 Å². The molecule has 1 aromatic carbocycles. The van der Waals surface area contributed by atoms with Crippen molar-refractivity contribution in [1.82, 2.24) is 20.1 Å². The summed E-state index contributed by atoms with van der Waals surface area (Å²) >= 11 is 0. The van der Waals surface area contributed by atoms with E-state index in [4.69, 9.17) is 4.74 Å². The molecule has 0 radical (unpaired) electrons. The van der Waals surface area contributed by atoms with Crippen LogP contribution in [-0.4, -0.2) is 58.8 Å². The summed E-state index contributed by atoms with van der Waals surface area (Å²) in [5, 5.41) is 11.6. The van der Waals surface area contributed by atoms with Gasteiger partial charge in [0.25, 0.3) is 5.91 Å². The van der Waals surface area contributed by atoms with Gasteiger partial charge < -0.3 is 19.9 Å². The zero-order valence-electron chi connectivity index (χ0n) is 17.2. The van der Waals surface area contributed by atoms with E-state index < -0.39 is 5.82 Å². The second kappa shape index (κ2) is 9.38. The van der Waals surface area contributed by atoms with Gasteiger partial charge in [-0.3, -0.25) is 4.79 Å². The summed E-state index contributed by atoms with van der Waals surface area (Å²) in [5.74, 6) is 1.51. The van der Waals surface area contributed by atoms with Crippen molar-refractivity contribution in [3.8, 4) is 5.75 Å². The van der Waals surface area contributed by atoms with Crippen LogP contribution in [0.4, 0.5) is 21.8 Å². The molecule has 4 rings (SSSR count). The molecular weight excluding hydrogens is 399 g/mol. The Bertz CT molecular complexity index is 1040. The number of aromatic nitrogens is 3. The highest BCUT2D eigenvalue weighted by Gasteiger charge is 2.22. The molecule has 9 heteroatoms. The third kappa shape index (κ3) is 5.25. The number of halogens is 1. The van der Waals surface area contributed by atoms with Crippen LogP contribution in [0.15, 0.2) is 54.7 Å². The Balaban J connectivity index is 1.27. The van der Waals surface area contributed by atoms with Crippen LogP contribution in [0.25, 0.3) is 0 Å². The molecule has 1 aliphatic heterocycles. The van der Waals surface area contributed by atoms with E-state index in [-0.39, 0.29) is 18.3 Å². The maximum Gasteiger partial charge on any atom is 0.260 e. The molecule has 3 aromatic rings. The molecule has 160 valence electrons. The number of hydrogen-bond acceptors (Lipinski definition) is 7. The molecule has 1 saturated heterocycles. The normalized spacial score (nSPS) is 13.7. The van der Waals surface area contributed by atoms with Crippen molar-refractivity contribution >= 4 is 23.4 Å². The van der Waals surface area contributed by atoms with Crippen molar-refractivity contribution in [3.05, 3.63) is 66.1 Å². The van der Waals surface area contributed by atoms with Crippen molar-refractivity contribution in [1.29, 1.82) is 0 Å². The minimum Gasteiger partial charge on any atom is -0.481 e. The van der Waals surface area contributed by atoms with E-state index in [1.165, 1.54) is 12.1 Å². The van der Waals surface area contributed by atoms with Gasteiger partial charge in [-0.1, -0.05) is 12.1 Å². The molecule has 1 aliphatic rings. The minimum atomic E-state index is -0.477. The third-order valence-corrected chi connectivity index (χ3v) is 4.97. The molecule has 1 fully saturated rings. The van der Waals surface area contributed by atoms with Crippen LogP contribution < -0.4 is 15.0 Å². The number of hydrogen-bond donors (Lipinski definition) is 1. The largest absolute Gasteiger partial charge is 0.481 e. The number of nitrogens with one attached hydrogen (secondary N) is 1. The predicted octanol–water partition coefficient (Wildman–Crippen LogP) is 2.79.